The molecular weight excluding hydrogens is 426 g/mol. The van der Waals surface area contributed by atoms with Crippen LogP contribution < -0.4 is 10.0 Å². The van der Waals surface area contributed by atoms with Gasteiger partial charge in [0.15, 0.2) is 0 Å². The third-order valence-electron chi connectivity index (χ3n) is 5.01. The Bertz CT molecular complexity index is 887. The third kappa shape index (κ3) is 6.90. The highest BCUT2D eigenvalue weighted by molar-refractivity contribution is 7.92. The van der Waals surface area contributed by atoms with E-state index in [1.165, 1.54) is 6.08 Å². The summed E-state index contributed by atoms with van der Waals surface area (Å²) in [6, 6.07) is 4.62. The molecule has 0 saturated carbocycles. The lowest BCUT2D eigenvalue weighted by Crippen LogP contribution is -2.34. The zero-order valence-electron chi connectivity index (χ0n) is 17.8. The predicted octanol–water partition coefficient (Wildman–Crippen LogP) is 3.20. The van der Waals surface area contributed by atoms with Gasteiger partial charge in [0, 0.05) is 17.1 Å². The number of carbonyl (C=O) groups is 1. The highest BCUT2D eigenvalue weighted by Gasteiger charge is 2.23. The van der Waals surface area contributed by atoms with Gasteiger partial charge in [-0.1, -0.05) is 52.0 Å². The molecule has 2 amide bonds. The van der Waals surface area contributed by atoms with Crippen LogP contribution in [0.15, 0.2) is 29.7 Å². The highest BCUT2D eigenvalue weighted by atomic mass is 32.2. The monoisotopic (exact) mass is 456 g/mol. The molecule has 1 aliphatic rings. The summed E-state index contributed by atoms with van der Waals surface area (Å²) in [6.07, 6.45) is 2.87. The Hall–Kier alpha value is -1.75. The van der Waals surface area contributed by atoms with Crippen LogP contribution in [0.5, 0.6) is 0 Å². The molecule has 2 atom stereocenters. The fraction of sp³-hybridized carbons (Fsp3) is 0.550. The van der Waals surface area contributed by atoms with Gasteiger partial charge in [0.05, 0.1) is 5.88 Å². The van der Waals surface area contributed by atoms with E-state index < -0.39 is 27.1 Å². The van der Waals surface area contributed by atoms with E-state index in [1.807, 2.05) is 50.6 Å². The van der Waals surface area contributed by atoms with Crippen molar-refractivity contribution in [2.45, 2.75) is 58.4 Å². The minimum Gasteiger partial charge on any atom is -0.771 e. The smallest absolute Gasteiger partial charge is 0.333 e. The summed E-state index contributed by atoms with van der Waals surface area (Å²) in [7, 11) is -4.03. The van der Waals surface area contributed by atoms with Crippen molar-refractivity contribution < 1.29 is 22.0 Å². The number of para-hydroxylation sites is 1. The van der Waals surface area contributed by atoms with E-state index >= 15 is 0 Å². The van der Waals surface area contributed by atoms with Gasteiger partial charge in [0.2, 0.25) is 0 Å². The minimum atomic E-state index is -4.03. The van der Waals surface area contributed by atoms with E-state index in [-0.39, 0.29) is 23.8 Å². The fourth-order valence-electron chi connectivity index (χ4n) is 3.56. The van der Waals surface area contributed by atoms with Crippen molar-refractivity contribution in [3.8, 4) is 0 Å². The molecule has 1 saturated heterocycles. The quantitative estimate of drug-likeness (QED) is 0.580. The van der Waals surface area contributed by atoms with E-state index in [2.05, 4.69) is 5.32 Å². The predicted molar refractivity (Wildman–Crippen MR) is 118 cm³/mol. The number of benzene rings is 1. The molecule has 0 radical (unpaired) electrons. The summed E-state index contributed by atoms with van der Waals surface area (Å²) >= 11 is -2.23. The largest absolute Gasteiger partial charge is 0.771 e. The van der Waals surface area contributed by atoms with Gasteiger partial charge in [0.1, 0.15) is 0 Å². The van der Waals surface area contributed by atoms with Crippen LogP contribution in [0.1, 0.15) is 63.5 Å². The number of amides is 2. The minimum absolute atomic E-state index is 0.146. The highest BCUT2D eigenvalue weighted by Crippen LogP contribution is 2.32. The van der Waals surface area contributed by atoms with Crippen molar-refractivity contribution in [2.24, 2.45) is 0 Å². The molecular formula is C20H30N3O5S2-. The van der Waals surface area contributed by atoms with Crippen molar-refractivity contribution >= 4 is 32.8 Å². The molecule has 1 aliphatic heterocycles. The van der Waals surface area contributed by atoms with Crippen molar-refractivity contribution in [2.75, 3.05) is 17.7 Å². The summed E-state index contributed by atoms with van der Waals surface area (Å²) in [5.41, 5.74) is 2.48. The molecule has 0 spiro atoms. The summed E-state index contributed by atoms with van der Waals surface area (Å²) in [5.74, 6) is 0.151. The van der Waals surface area contributed by atoms with E-state index in [0.29, 0.717) is 18.7 Å². The number of carbonyl (C=O) groups excluding carboxylic acids is 1. The van der Waals surface area contributed by atoms with Gasteiger partial charge in [-0.25, -0.2) is 17.9 Å². The maximum atomic E-state index is 12.5. The van der Waals surface area contributed by atoms with Crippen molar-refractivity contribution in [3.05, 3.63) is 40.8 Å². The molecule has 8 nitrogen and oxygen atoms in total. The van der Waals surface area contributed by atoms with Crippen molar-refractivity contribution in [1.29, 1.82) is 0 Å². The zero-order valence-corrected chi connectivity index (χ0v) is 19.4. The standard InChI is InChI=1S/C20H31N3O5S2/c1-14(2)17-8-5-9-18(15(3)4)19(17)21-20(24)22-30(27,28)12-10-16-7-6-11-23(16)13-29(25)26/h5,8-10,12,14-16H,6-7,11,13H2,1-4H3,(H,25,26)(H2,21,22,24)/p-1/b12-10+/t16-/m0/s1. The second kappa shape index (κ2) is 10.5. The summed E-state index contributed by atoms with van der Waals surface area (Å²) in [5, 5.41) is 3.64. The molecule has 1 aromatic rings. The summed E-state index contributed by atoms with van der Waals surface area (Å²) < 4.78 is 48.6. The number of rotatable bonds is 8. The second-order valence-electron chi connectivity index (χ2n) is 8.01. The van der Waals surface area contributed by atoms with E-state index in [0.717, 1.165) is 23.0 Å². The Kier molecular flexibility index (Phi) is 8.60. The first-order valence-electron chi connectivity index (χ1n) is 9.95. The van der Waals surface area contributed by atoms with Crippen LogP contribution in [0, 0.1) is 0 Å². The number of sulfonamides is 1. The van der Waals surface area contributed by atoms with Gasteiger partial charge in [-0.05, 0) is 53.4 Å². The van der Waals surface area contributed by atoms with E-state index in [1.54, 1.807) is 4.90 Å². The Balaban J connectivity index is 2.11. The van der Waals surface area contributed by atoms with Crippen molar-refractivity contribution in [1.82, 2.24) is 9.62 Å². The first-order valence-corrected chi connectivity index (χ1v) is 12.7. The first kappa shape index (κ1) is 24.5. The van der Waals surface area contributed by atoms with Gasteiger partial charge in [-0.15, -0.1) is 0 Å². The summed E-state index contributed by atoms with van der Waals surface area (Å²) in [4.78, 5) is 14.1. The molecule has 2 N–H and O–H groups in total. The molecule has 1 unspecified atom stereocenters. The second-order valence-corrected chi connectivity index (χ2v) is 10.4. The number of urea groups is 1. The Morgan fingerprint density at radius 3 is 2.40 bits per heavy atom. The van der Waals surface area contributed by atoms with Gasteiger partial charge in [0.25, 0.3) is 10.0 Å². The molecule has 0 aromatic heterocycles. The van der Waals surface area contributed by atoms with Crippen LogP contribution in [-0.2, 0) is 21.1 Å². The SMILES string of the molecule is CC(C)c1cccc(C(C)C)c1NC(=O)NS(=O)(=O)/C=C/[C@@H]1CCCN1CS(=O)[O-]. The van der Waals surface area contributed by atoms with Gasteiger partial charge >= 0.3 is 6.03 Å². The lowest BCUT2D eigenvalue weighted by molar-refractivity contribution is 0.256. The number of likely N-dealkylation sites (tertiary alicyclic amines) is 1. The third-order valence-corrected chi connectivity index (χ3v) is 6.54. The van der Waals surface area contributed by atoms with E-state index in [4.69, 9.17) is 0 Å². The fourth-order valence-corrected chi connectivity index (χ4v) is 4.91. The number of nitrogens with zero attached hydrogens (tertiary/aromatic N) is 1. The average Bonchev–Trinajstić information content (AvgIpc) is 3.05. The van der Waals surface area contributed by atoms with Gasteiger partial charge in [-0.3, -0.25) is 9.11 Å². The molecule has 168 valence electrons. The number of anilines is 1. The molecule has 10 heteroatoms. The van der Waals surface area contributed by atoms with Crippen molar-refractivity contribution in [3.63, 3.8) is 0 Å². The molecule has 0 bridgehead atoms. The topological polar surface area (TPSA) is 119 Å². The van der Waals surface area contributed by atoms with E-state index in [9.17, 15) is 22.0 Å². The first-order chi connectivity index (χ1) is 14.0. The van der Waals surface area contributed by atoms with Crippen LogP contribution in [0.25, 0.3) is 0 Å². The average molecular weight is 457 g/mol. The van der Waals surface area contributed by atoms with Crippen LogP contribution in [-0.4, -0.2) is 46.6 Å². The Morgan fingerprint density at radius 2 is 1.87 bits per heavy atom. The molecule has 2 rings (SSSR count). The lowest BCUT2D eigenvalue weighted by atomic mass is 9.93. The van der Waals surface area contributed by atoms with Crippen LogP contribution in [0.4, 0.5) is 10.5 Å². The Labute approximate surface area is 181 Å². The number of hydrogen-bond acceptors (Lipinski definition) is 6. The van der Waals surface area contributed by atoms with Crippen LogP contribution in [0.3, 0.4) is 0 Å². The molecule has 0 aliphatic carbocycles. The van der Waals surface area contributed by atoms with Gasteiger partial charge < -0.3 is 9.87 Å². The normalized spacial score (nSPS) is 19.0. The summed E-state index contributed by atoms with van der Waals surface area (Å²) in [6.45, 7) is 8.60. The maximum absolute atomic E-state index is 12.5. The zero-order chi connectivity index (χ0) is 22.5. The number of nitrogens with one attached hydrogen (secondary N) is 2. The van der Waals surface area contributed by atoms with Gasteiger partial charge in [-0.2, -0.15) is 0 Å². The number of hydrogen-bond donors (Lipinski definition) is 2. The molecule has 30 heavy (non-hydrogen) atoms. The lowest BCUT2D eigenvalue weighted by Gasteiger charge is -2.22. The Morgan fingerprint density at radius 1 is 1.27 bits per heavy atom. The van der Waals surface area contributed by atoms with Crippen LogP contribution in [0.2, 0.25) is 0 Å². The molecule has 1 fully saturated rings. The molecule has 1 heterocycles. The molecule has 1 aromatic carbocycles. The van der Waals surface area contributed by atoms with Crippen LogP contribution >= 0.6 is 0 Å². The maximum Gasteiger partial charge on any atom is 0.333 e.